The molecule has 1 heterocycles. The molecule has 6 nitrogen and oxygen atoms in total. The van der Waals surface area contributed by atoms with Crippen LogP contribution in [0.15, 0.2) is 48.5 Å². The van der Waals surface area contributed by atoms with E-state index >= 15 is 0 Å². The first kappa shape index (κ1) is 28.2. The zero-order valence-corrected chi connectivity index (χ0v) is 21.3. The minimum atomic E-state index is -4.76. The van der Waals surface area contributed by atoms with Crippen molar-refractivity contribution in [2.75, 3.05) is 20.8 Å². The molecule has 3 rings (SSSR count). The lowest BCUT2D eigenvalue weighted by atomic mass is 9.91. The van der Waals surface area contributed by atoms with Crippen molar-refractivity contribution in [3.63, 3.8) is 0 Å². The summed E-state index contributed by atoms with van der Waals surface area (Å²) < 4.78 is 66.6. The van der Waals surface area contributed by atoms with Crippen molar-refractivity contribution < 1.29 is 31.8 Å². The number of rotatable bonds is 8. The van der Waals surface area contributed by atoms with E-state index < -0.39 is 35.9 Å². The lowest BCUT2D eigenvalue weighted by Gasteiger charge is -2.25. The highest BCUT2D eigenvalue weighted by Crippen LogP contribution is 2.37. The standard InChI is InChI=1S/C26H26ClF4N3O3/c1-25(2,32)16-11-20(14-5-7-19(28)18(27)9-14)34-21(12-16)17(26(29,30)31)13-33-24(35)15-6-8-22(36-3)23(10-15)37-4/h5-12,17H,13,32H2,1-4H3,(H,33,35). The SMILES string of the molecule is COc1ccc(C(=O)NCC(c2cc(C(C)(C)N)cc(-c3ccc(F)c(Cl)c3)n2)C(F)(F)F)cc1OC. The number of pyridine rings is 1. The zero-order valence-electron chi connectivity index (χ0n) is 20.5. The summed E-state index contributed by atoms with van der Waals surface area (Å²) in [4.78, 5) is 16.9. The van der Waals surface area contributed by atoms with E-state index in [9.17, 15) is 22.4 Å². The number of carbonyl (C=O) groups excluding carboxylic acids is 1. The molecule has 1 amide bonds. The highest BCUT2D eigenvalue weighted by atomic mass is 35.5. The molecule has 0 radical (unpaired) electrons. The van der Waals surface area contributed by atoms with Gasteiger partial charge in [0.25, 0.3) is 5.91 Å². The second-order valence-electron chi connectivity index (χ2n) is 8.89. The van der Waals surface area contributed by atoms with Crippen molar-refractivity contribution in [1.29, 1.82) is 0 Å². The number of hydrogen-bond donors (Lipinski definition) is 2. The Morgan fingerprint density at radius 3 is 2.30 bits per heavy atom. The van der Waals surface area contributed by atoms with Crippen molar-refractivity contribution in [3.8, 4) is 22.8 Å². The number of nitrogens with two attached hydrogens (primary N) is 1. The predicted molar refractivity (Wildman–Crippen MR) is 133 cm³/mol. The first-order valence-corrected chi connectivity index (χ1v) is 11.5. The van der Waals surface area contributed by atoms with Crippen LogP contribution in [0.2, 0.25) is 5.02 Å². The monoisotopic (exact) mass is 539 g/mol. The van der Waals surface area contributed by atoms with Gasteiger partial charge in [0.2, 0.25) is 0 Å². The first-order chi connectivity index (χ1) is 17.2. The van der Waals surface area contributed by atoms with Gasteiger partial charge >= 0.3 is 6.18 Å². The molecule has 1 aromatic heterocycles. The third-order valence-electron chi connectivity index (χ3n) is 5.67. The topological polar surface area (TPSA) is 86.5 Å². The van der Waals surface area contributed by atoms with Crippen LogP contribution >= 0.6 is 11.6 Å². The van der Waals surface area contributed by atoms with E-state index in [2.05, 4.69) is 10.3 Å². The Morgan fingerprint density at radius 2 is 1.73 bits per heavy atom. The number of carbonyl (C=O) groups is 1. The quantitative estimate of drug-likeness (QED) is 0.352. The smallest absolute Gasteiger partial charge is 0.398 e. The van der Waals surface area contributed by atoms with Gasteiger partial charge in [-0.1, -0.05) is 11.6 Å². The molecule has 0 fully saturated rings. The van der Waals surface area contributed by atoms with Crippen molar-refractivity contribution in [1.82, 2.24) is 10.3 Å². The minimum absolute atomic E-state index is 0.0880. The fraction of sp³-hybridized carbons (Fsp3) is 0.308. The number of aromatic nitrogens is 1. The van der Waals surface area contributed by atoms with E-state index in [0.29, 0.717) is 16.9 Å². The van der Waals surface area contributed by atoms with Crippen molar-refractivity contribution >= 4 is 17.5 Å². The molecule has 0 aliphatic carbocycles. The maximum absolute atomic E-state index is 14.2. The molecule has 3 N–H and O–H groups in total. The Labute approximate surface area is 216 Å². The van der Waals surface area contributed by atoms with Crippen molar-refractivity contribution in [2.24, 2.45) is 5.73 Å². The average molecular weight is 540 g/mol. The van der Waals surface area contributed by atoms with Crippen LogP contribution in [0.4, 0.5) is 17.6 Å². The molecular weight excluding hydrogens is 514 g/mol. The molecule has 1 atom stereocenters. The van der Waals surface area contributed by atoms with E-state index in [0.717, 1.165) is 6.07 Å². The van der Waals surface area contributed by atoms with Gasteiger partial charge < -0.3 is 20.5 Å². The van der Waals surface area contributed by atoms with Gasteiger partial charge in [0.15, 0.2) is 11.5 Å². The van der Waals surface area contributed by atoms with Gasteiger partial charge in [-0.25, -0.2) is 4.39 Å². The maximum Gasteiger partial charge on any atom is 0.398 e. The fourth-order valence-electron chi connectivity index (χ4n) is 3.57. The second-order valence-corrected chi connectivity index (χ2v) is 9.30. The highest BCUT2D eigenvalue weighted by Gasteiger charge is 2.42. The van der Waals surface area contributed by atoms with Gasteiger partial charge in [0, 0.05) is 23.2 Å². The summed E-state index contributed by atoms with van der Waals surface area (Å²) in [5, 5.41) is 2.13. The number of ether oxygens (including phenoxy) is 2. The Kier molecular flexibility index (Phi) is 8.34. The van der Waals surface area contributed by atoms with Gasteiger partial charge in [-0.2, -0.15) is 13.2 Å². The van der Waals surface area contributed by atoms with Crippen LogP contribution in [-0.2, 0) is 5.54 Å². The summed E-state index contributed by atoms with van der Waals surface area (Å²) in [5.74, 6) is -2.95. The van der Waals surface area contributed by atoms with Gasteiger partial charge in [-0.15, -0.1) is 0 Å². The molecule has 3 aromatic rings. The first-order valence-electron chi connectivity index (χ1n) is 11.1. The predicted octanol–water partition coefficient (Wildman–Crippen LogP) is 5.83. The molecule has 1 unspecified atom stereocenters. The van der Waals surface area contributed by atoms with Crippen LogP contribution in [-0.4, -0.2) is 37.8 Å². The lowest BCUT2D eigenvalue weighted by molar-refractivity contribution is -0.149. The number of amides is 1. The number of alkyl halides is 3. The van der Waals surface area contributed by atoms with E-state index in [1.165, 1.54) is 56.7 Å². The van der Waals surface area contributed by atoms with Gasteiger partial charge in [0.1, 0.15) is 11.7 Å². The van der Waals surface area contributed by atoms with Crippen LogP contribution in [0.1, 0.15) is 41.4 Å². The number of nitrogens with zero attached hydrogens (tertiary/aromatic N) is 1. The number of hydrogen-bond acceptors (Lipinski definition) is 5. The maximum atomic E-state index is 14.2. The third-order valence-corrected chi connectivity index (χ3v) is 5.96. The number of methoxy groups -OCH3 is 2. The largest absolute Gasteiger partial charge is 0.493 e. The molecule has 0 saturated heterocycles. The Bertz CT molecular complexity index is 1290. The summed E-state index contributed by atoms with van der Waals surface area (Å²) in [5.41, 5.74) is 5.73. The Balaban J connectivity index is 2.00. The molecule has 0 saturated carbocycles. The summed E-state index contributed by atoms with van der Waals surface area (Å²) >= 11 is 5.88. The fourth-order valence-corrected chi connectivity index (χ4v) is 3.75. The van der Waals surface area contributed by atoms with Crippen LogP contribution in [0.3, 0.4) is 0 Å². The Morgan fingerprint density at radius 1 is 1.05 bits per heavy atom. The van der Waals surface area contributed by atoms with Gasteiger partial charge in [-0.3, -0.25) is 9.78 Å². The number of nitrogens with one attached hydrogen (secondary N) is 1. The van der Waals surface area contributed by atoms with Crippen molar-refractivity contribution in [2.45, 2.75) is 31.5 Å². The van der Waals surface area contributed by atoms with Gasteiger partial charge in [-0.05, 0) is 67.9 Å². The molecule has 0 aliphatic heterocycles. The van der Waals surface area contributed by atoms with Crippen LogP contribution < -0.4 is 20.5 Å². The molecule has 0 spiro atoms. The molecular formula is C26H26ClF4N3O3. The van der Waals surface area contributed by atoms with Crippen LogP contribution in [0, 0.1) is 5.82 Å². The third kappa shape index (κ3) is 6.69. The summed E-state index contributed by atoms with van der Waals surface area (Å²) in [6.45, 7) is 2.48. The molecule has 0 aliphatic rings. The van der Waals surface area contributed by atoms with E-state index in [-0.39, 0.29) is 27.7 Å². The number of benzene rings is 2. The van der Waals surface area contributed by atoms with E-state index in [1.807, 2.05) is 0 Å². The zero-order chi connectivity index (χ0) is 27.5. The lowest BCUT2D eigenvalue weighted by Crippen LogP contribution is -2.36. The van der Waals surface area contributed by atoms with Gasteiger partial charge in [0.05, 0.1) is 30.6 Å². The van der Waals surface area contributed by atoms with Crippen LogP contribution in [0.5, 0.6) is 11.5 Å². The molecule has 37 heavy (non-hydrogen) atoms. The van der Waals surface area contributed by atoms with Crippen molar-refractivity contribution in [3.05, 3.63) is 76.2 Å². The minimum Gasteiger partial charge on any atom is -0.493 e. The summed E-state index contributed by atoms with van der Waals surface area (Å²) in [6.07, 6.45) is -4.76. The van der Waals surface area contributed by atoms with Crippen LogP contribution in [0.25, 0.3) is 11.3 Å². The summed E-state index contributed by atoms with van der Waals surface area (Å²) in [7, 11) is 2.80. The molecule has 0 bridgehead atoms. The molecule has 2 aromatic carbocycles. The summed E-state index contributed by atoms with van der Waals surface area (Å²) in [6, 6.07) is 10.8. The molecule has 11 heteroatoms. The van der Waals surface area contributed by atoms with E-state index in [1.54, 1.807) is 13.8 Å². The average Bonchev–Trinajstić information content (AvgIpc) is 2.83. The highest BCUT2D eigenvalue weighted by molar-refractivity contribution is 6.31. The normalized spacial score (nSPS) is 12.7. The second kappa shape index (κ2) is 10.9. The molecule has 198 valence electrons. The number of halogens is 5. The van der Waals surface area contributed by atoms with E-state index in [4.69, 9.17) is 26.8 Å². The Hall–Kier alpha value is -3.37.